The van der Waals surface area contributed by atoms with E-state index in [2.05, 4.69) is 10.3 Å². The number of amides is 2. The highest BCUT2D eigenvalue weighted by atomic mass is 19.4. The van der Waals surface area contributed by atoms with Crippen molar-refractivity contribution >= 4 is 23.3 Å². The number of aliphatic imine (C=N–C) groups is 1. The van der Waals surface area contributed by atoms with E-state index in [1.807, 2.05) is 38.1 Å². The number of aryl methyl sites for hydroxylation is 2. The Kier molecular flexibility index (Phi) is 9.71. The lowest BCUT2D eigenvalue weighted by atomic mass is 9.80. The number of hydrogen-bond acceptors (Lipinski definition) is 6. The molecular formula is C29H33F3N6O2. The molecule has 0 bridgehead atoms. The minimum absolute atomic E-state index is 0.0719. The number of rotatable bonds is 7. The van der Waals surface area contributed by atoms with Gasteiger partial charge in [-0.05, 0) is 55.0 Å². The van der Waals surface area contributed by atoms with Gasteiger partial charge in [-0.1, -0.05) is 43.3 Å². The molecule has 1 unspecified atom stereocenters. The quantitative estimate of drug-likeness (QED) is 0.210. The second-order valence-electron chi connectivity index (χ2n) is 9.80. The van der Waals surface area contributed by atoms with Gasteiger partial charge in [0.25, 0.3) is 0 Å². The number of nitrogens with one attached hydrogen (secondary N) is 2. The second-order valence-corrected chi connectivity index (χ2v) is 9.80. The topological polar surface area (TPSA) is 139 Å². The maximum Gasteiger partial charge on any atom is 0.390 e. The molecule has 8 nitrogen and oxygen atoms in total. The Balaban J connectivity index is 1.84. The Morgan fingerprint density at radius 1 is 1.27 bits per heavy atom. The highest BCUT2D eigenvalue weighted by Gasteiger charge is 2.36. The molecule has 0 radical (unpaired) electrons. The van der Waals surface area contributed by atoms with Gasteiger partial charge in [0.15, 0.2) is 5.60 Å². The molecular weight excluding hydrogens is 521 g/mol. The number of nitrogens with two attached hydrogens (primary N) is 1. The van der Waals surface area contributed by atoms with E-state index in [0.717, 1.165) is 22.4 Å². The molecule has 212 valence electrons. The van der Waals surface area contributed by atoms with Gasteiger partial charge in [-0.15, -0.1) is 0 Å². The molecule has 0 spiro atoms. The van der Waals surface area contributed by atoms with Crippen LogP contribution in [0.3, 0.4) is 0 Å². The molecule has 3 rings (SSSR count). The lowest BCUT2D eigenvalue weighted by molar-refractivity contribution is -0.135. The summed E-state index contributed by atoms with van der Waals surface area (Å²) in [5.41, 5.74) is 8.71. The number of alkyl halides is 3. The van der Waals surface area contributed by atoms with Gasteiger partial charge in [-0.3, -0.25) is 15.3 Å². The second kappa shape index (κ2) is 12.8. The van der Waals surface area contributed by atoms with Gasteiger partial charge in [0.05, 0.1) is 24.7 Å². The third kappa shape index (κ3) is 8.16. The average Bonchev–Trinajstić information content (AvgIpc) is 2.91. The lowest BCUT2D eigenvalue weighted by Crippen LogP contribution is -2.46. The Labute approximate surface area is 231 Å². The fraction of sp³-hybridized carbons (Fsp3) is 0.379. The first-order chi connectivity index (χ1) is 18.8. The molecule has 0 aromatic heterocycles. The number of benzene rings is 2. The van der Waals surface area contributed by atoms with E-state index in [0.29, 0.717) is 22.5 Å². The van der Waals surface area contributed by atoms with E-state index >= 15 is 0 Å². The van der Waals surface area contributed by atoms with Crippen molar-refractivity contribution in [1.29, 1.82) is 10.7 Å². The van der Waals surface area contributed by atoms with Crippen LogP contribution in [0.15, 0.2) is 64.8 Å². The minimum atomic E-state index is -4.52. The van der Waals surface area contributed by atoms with Crippen LogP contribution in [0.1, 0.15) is 49.3 Å². The average molecular weight is 555 g/mol. The monoisotopic (exact) mass is 554 g/mol. The fourth-order valence-corrected chi connectivity index (χ4v) is 4.33. The van der Waals surface area contributed by atoms with Crippen LogP contribution in [0.25, 0.3) is 0 Å². The van der Waals surface area contributed by atoms with Gasteiger partial charge in [0, 0.05) is 29.9 Å². The van der Waals surface area contributed by atoms with Crippen molar-refractivity contribution in [1.82, 2.24) is 10.2 Å². The van der Waals surface area contributed by atoms with Crippen LogP contribution in [0.2, 0.25) is 0 Å². The number of urea groups is 1. The number of nitriles is 1. The Hall–Kier alpha value is -4.17. The van der Waals surface area contributed by atoms with Crippen molar-refractivity contribution in [3.8, 4) is 6.07 Å². The van der Waals surface area contributed by atoms with Crippen molar-refractivity contribution in [2.75, 3.05) is 13.1 Å². The van der Waals surface area contributed by atoms with E-state index in [1.54, 1.807) is 30.3 Å². The van der Waals surface area contributed by atoms with Crippen LogP contribution < -0.4 is 11.1 Å². The molecule has 1 fully saturated rings. The van der Waals surface area contributed by atoms with Crippen LogP contribution in [-0.2, 0) is 6.42 Å². The maximum atomic E-state index is 13.1. The number of carbonyl (C=O) groups excluding carboxylic acids is 1. The molecule has 2 amide bonds. The van der Waals surface area contributed by atoms with E-state index < -0.39 is 30.8 Å². The largest absolute Gasteiger partial charge is 0.400 e. The Morgan fingerprint density at radius 2 is 1.98 bits per heavy atom. The molecule has 0 heterocycles. The zero-order valence-corrected chi connectivity index (χ0v) is 22.5. The van der Waals surface area contributed by atoms with Gasteiger partial charge in [-0.2, -0.15) is 18.4 Å². The third-order valence-corrected chi connectivity index (χ3v) is 6.66. The number of carbonyl (C=O) groups is 1. The summed E-state index contributed by atoms with van der Waals surface area (Å²) in [4.78, 5) is 18.4. The Morgan fingerprint density at radius 3 is 2.58 bits per heavy atom. The van der Waals surface area contributed by atoms with Crippen LogP contribution in [0.5, 0.6) is 0 Å². The van der Waals surface area contributed by atoms with Crippen LogP contribution in [-0.4, -0.2) is 52.5 Å². The number of allylic oxidation sites excluding steroid dienone is 1. The molecule has 1 aliphatic carbocycles. The van der Waals surface area contributed by atoms with Crippen molar-refractivity contribution < 1.29 is 23.1 Å². The molecule has 5 N–H and O–H groups in total. The number of nitrogens with zero attached hydrogens (tertiary/aromatic N) is 3. The van der Waals surface area contributed by atoms with Crippen molar-refractivity contribution in [2.24, 2.45) is 10.7 Å². The molecule has 1 aliphatic rings. The minimum Gasteiger partial charge on any atom is -0.400 e. The van der Waals surface area contributed by atoms with Gasteiger partial charge in [0.1, 0.15) is 5.84 Å². The zero-order chi connectivity index (χ0) is 29.5. The SMILES string of the molecule is CCc1ccc(C(=N)N(CCC(F)(F)F)C(=O)NC/C(N)=C2\CCC(O)(C#N)CC2=Nc2cccc(C)c2)cc1. The van der Waals surface area contributed by atoms with Gasteiger partial charge in [-0.25, -0.2) is 4.79 Å². The summed E-state index contributed by atoms with van der Waals surface area (Å²) in [7, 11) is 0. The summed E-state index contributed by atoms with van der Waals surface area (Å²) in [5, 5.41) is 31.0. The highest BCUT2D eigenvalue weighted by Crippen LogP contribution is 2.32. The molecule has 1 atom stereocenters. The number of hydrogen-bond donors (Lipinski definition) is 4. The summed E-state index contributed by atoms with van der Waals surface area (Å²) in [5.74, 6) is -0.367. The molecule has 1 saturated carbocycles. The van der Waals surface area contributed by atoms with E-state index in [9.17, 15) is 28.3 Å². The first-order valence-electron chi connectivity index (χ1n) is 12.9. The van der Waals surface area contributed by atoms with Gasteiger partial charge < -0.3 is 16.2 Å². The van der Waals surface area contributed by atoms with Crippen molar-refractivity contribution in [3.05, 3.63) is 76.5 Å². The zero-order valence-electron chi connectivity index (χ0n) is 22.5. The van der Waals surface area contributed by atoms with Crippen molar-refractivity contribution in [3.63, 3.8) is 0 Å². The van der Waals surface area contributed by atoms with Gasteiger partial charge in [0.2, 0.25) is 0 Å². The third-order valence-electron chi connectivity index (χ3n) is 6.66. The molecule has 0 saturated heterocycles. The summed E-state index contributed by atoms with van der Waals surface area (Å²) in [6, 6.07) is 15.0. The Bertz CT molecular complexity index is 1340. The molecule has 2 aromatic carbocycles. The summed E-state index contributed by atoms with van der Waals surface area (Å²) < 4.78 is 39.1. The predicted molar refractivity (Wildman–Crippen MR) is 147 cm³/mol. The van der Waals surface area contributed by atoms with Crippen LogP contribution in [0.4, 0.5) is 23.7 Å². The normalized spacial score (nSPS) is 19.6. The smallest absolute Gasteiger partial charge is 0.390 e. The standard InChI is InChI=1S/C29H33F3N6O2/c1-3-20-7-9-21(10-8-20)26(35)38(14-13-29(30,31)32)27(39)36-17-24(34)23-11-12-28(40,18-33)16-25(23)37-22-6-4-5-19(2)15-22/h4-10,15,35,40H,3,11-14,16-17,34H2,1-2H3,(H,36,39)/b24-23-,35-26?,37-25?. The van der Waals surface area contributed by atoms with E-state index in [4.69, 9.17) is 11.1 Å². The fourth-order valence-electron chi connectivity index (χ4n) is 4.33. The van der Waals surface area contributed by atoms with E-state index in [-0.39, 0.29) is 37.3 Å². The first kappa shape index (κ1) is 30.4. The van der Waals surface area contributed by atoms with Crippen LogP contribution in [0, 0.1) is 23.7 Å². The number of halogens is 3. The first-order valence-corrected chi connectivity index (χ1v) is 12.9. The van der Waals surface area contributed by atoms with E-state index in [1.165, 1.54) is 0 Å². The van der Waals surface area contributed by atoms with Gasteiger partial charge >= 0.3 is 12.2 Å². The highest BCUT2D eigenvalue weighted by molar-refractivity contribution is 6.06. The number of amidine groups is 1. The molecule has 11 heteroatoms. The summed E-state index contributed by atoms with van der Waals surface area (Å²) in [6.07, 6.45) is -4.80. The molecule has 40 heavy (non-hydrogen) atoms. The summed E-state index contributed by atoms with van der Waals surface area (Å²) >= 11 is 0. The lowest BCUT2D eigenvalue weighted by Gasteiger charge is -2.30. The molecule has 2 aromatic rings. The van der Waals surface area contributed by atoms with Crippen molar-refractivity contribution in [2.45, 2.75) is 57.7 Å². The maximum absolute atomic E-state index is 13.1. The number of aliphatic hydroxyl groups is 1. The molecule has 0 aliphatic heterocycles. The predicted octanol–water partition coefficient (Wildman–Crippen LogP) is 5.27. The van der Waals surface area contributed by atoms with Crippen LogP contribution >= 0.6 is 0 Å². The summed E-state index contributed by atoms with van der Waals surface area (Å²) in [6.45, 7) is 2.88.